The summed E-state index contributed by atoms with van der Waals surface area (Å²) >= 11 is 3.23. The van der Waals surface area contributed by atoms with Crippen molar-refractivity contribution in [1.82, 2.24) is 0 Å². The fourth-order valence-electron chi connectivity index (χ4n) is 0.815. The van der Waals surface area contributed by atoms with Gasteiger partial charge in [0.25, 0.3) is 0 Å². The number of hydrogen-bond donors (Lipinski definition) is 2. The molecule has 0 aromatic heterocycles. The van der Waals surface area contributed by atoms with Gasteiger partial charge >= 0.3 is 5.97 Å². The Bertz CT molecular complexity index is 390. The van der Waals surface area contributed by atoms with Gasteiger partial charge in [-0.15, -0.1) is 12.6 Å². The van der Waals surface area contributed by atoms with Crippen molar-refractivity contribution in [2.24, 2.45) is 0 Å². The Morgan fingerprint density at radius 3 is 1.86 bits per heavy atom. The molecule has 0 aliphatic rings. The number of rotatable bonds is 1. The van der Waals surface area contributed by atoms with Crippen LogP contribution in [-0.4, -0.2) is 11.1 Å². The molecule has 7 heteroatoms. The third-order valence-electron chi connectivity index (χ3n) is 1.46. The fraction of sp³-hybridized carbons (Fsp3) is 0. The molecular weight excluding hydrogens is 224 g/mol. The van der Waals surface area contributed by atoms with E-state index >= 15 is 0 Å². The minimum absolute atomic E-state index is 1.08. The molecule has 0 heterocycles. The molecule has 1 rings (SSSR count). The van der Waals surface area contributed by atoms with Crippen molar-refractivity contribution in [3.05, 3.63) is 28.8 Å². The number of aromatic carboxylic acids is 1. The predicted octanol–water partition coefficient (Wildman–Crippen LogP) is 2.23. The average molecular weight is 226 g/mol. The van der Waals surface area contributed by atoms with E-state index in [1.165, 1.54) is 0 Å². The summed E-state index contributed by atoms with van der Waals surface area (Å²) in [5.74, 6) is -9.98. The van der Waals surface area contributed by atoms with Crippen molar-refractivity contribution < 1.29 is 27.5 Å². The summed E-state index contributed by atoms with van der Waals surface area (Å²) in [6.45, 7) is 0. The third kappa shape index (κ3) is 1.43. The van der Waals surface area contributed by atoms with E-state index in [0.29, 0.717) is 0 Å². The second kappa shape index (κ2) is 3.49. The summed E-state index contributed by atoms with van der Waals surface area (Å²) in [5, 5.41) is 8.34. The Morgan fingerprint density at radius 2 is 1.43 bits per heavy atom. The van der Waals surface area contributed by atoms with Crippen molar-refractivity contribution in [3.63, 3.8) is 0 Å². The topological polar surface area (TPSA) is 37.3 Å². The first-order chi connectivity index (χ1) is 6.37. The molecule has 1 N–H and O–H groups in total. The van der Waals surface area contributed by atoms with E-state index in [4.69, 9.17) is 5.11 Å². The average Bonchev–Trinajstić information content (AvgIpc) is 2.11. The number of hydrogen-bond acceptors (Lipinski definition) is 2. The Labute approximate surface area is 80.6 Å². The highest BCUT2D eigenvalue weighted by atomic mass is 32.1. The smallest absolute Gasteiger partial charge is 0.340 e. The second-order valence-electron chi connectivity index (χ2n) is 2.28. The van der Waals surface area contributed by atoms with Gasteiger partial charge in [0.2, 0.25) is 0 Å². The molecule has 0 aliphatic carbocycles. The summed E-state index contributed by atoms with van der Waals surface area (Å²) in [5.41, 5.74) is -1.33. The molecule has 0 bridgehead atoms. The third-order valence-corrected chi connectivity index (χ3v) is 1.88. The molecule has 76 valence electrons. The molecule has 0 saturated heterocycles. The first-order valence-electron chi connectivity index (χ1n) is 3.16. The van der Waals surface area contributed by atoms with Crippen LogP contribution in [0.5, 0.6) is 0 Å². The van der Waals surface area contributed by atoms with Crippen LogP contribution < -0.4 is 0 Å². The zero-order chi connectivity index (χ0) is 11.0. The van der Waals surface area contributed by atoms with E-state index in [2.05, 4.69) is 12.6 Å². The number of carboxylic acids is 1. The summed E-state index contributed by atoms with van der Waals surface area (Å²) in [7, 11) is 0. The van der Waals surface area contributed by atoms with Gasteiger partial charge in [-0.3, -0.25) is 0 Å². The van der Waals surface area contributed by atoms with Gasteiger partial charge in [0.1, 0.15) is 5.56 Å². The van der Waals surface area contributed by atoms with Crippen LogP contribution in [-0.2, 0) is 0 Å². The maximum absolute atomic E-state index is 12.7. The number of thiol groups is 1. The summed E-state index contributed by atoms with van der Waals surface area (Å²) < 4.78 is 50.4. The Morgan fingerprint density at radius 1 is 1.00 bits per heavy atom. The quantitative estimate of drug-likeness (QED) is 0.333. The molecule has 0 saturated carbocycles. The highest BCUT2D eigenvalue weighted by molar-refractivity contribution is 7.80. The second-order valence-corrected chi connectivity index (χ2v) is 2.73. The van der Waals surface area contributed by atoms with Crippen LogP contribution in [0.4, 0.5) is 17.6 Å². The molecule has 0 spiro atoms. The lowest BCUT2D eigenvalue weighted by Gasteiger charge is -2.05. The molecule has 0 unspecified atom stereocenters. The van der Waals surface area contributed by atoms with Crippen LogP contribution in [0, 0.1) is 23.3 Å². The first-order valence-corrected chi connectivity index (χ1v) is 3.60. The fourth-order valence-corrected chi connectivity index (χ4v) is 1.11. The van der Waals surface area contributed by atoms with Crippen LogP contribution in [0.15, 0.2) is 4.90 Å². The number of carboxylic acid groups (broad SMARTS) is 1. The van der Waals surface area contributed by atoms with E-state index in [9.17, 15) is 22.4 Å². The van der Waals surface area contributed by atoms with E-state index in [-0.39, 0.29) is 0 Å². The SMILES string of the molecule is O=C(O)c1c(F)c(F)c(F)c(F)c1S. The highest BCUT2D eigenvalue weighted by Gasteiger charge is 2.27. The van der Waals surface area contributed by atoms with Crippen molar-refractivity contribution in [3.8, 4) is 0 Å². The van der Waals surface area contributed by atoms with Gasteiger partial charge in [0, 0.05) is 0 Å². The van der Waals surface area contributed by atoms with E-state index < -0.39 is 39.7 Å². The van der Waals surface area contributed by atoms with Gasteiger partial charge in [-0.05, 0) is 0 Å². The normalized spacial score (nSPS) is 10.4. The molecule has 2 nitrogen and oxygen atoms in total. The Kier molecular flexibility index (Phi) is 2.70. The standard InChI is InChI=1S/C7H2F4O2S/c8-2-1(7(12)13)6(14)5(11)4(10)3(2)9/h14H,(H,12,13). The lowest BCUT2D eigenvalue weighted by Crippen LogP contribution is -2.09. The molecule has 14 heavy (non-hydrogen) atoms. The molecule has 0 radical (unpaired) electrons. The van der Waals surface area contributed by atoms with Gasteiger partial charge in [0.15, 0.2) is 23.3 Å². The molecule has 0 fully saturated rings. The van der Waals surface area contributed by atoms with Crippen LogP contribution in [0.3, 0.4) is 0 Å². The molecule has 0 atom stereocenters. The maximum Gasteiger partial charge on any atom is 0.340 e. The van der Waals surface area contributed by atoms with Crippen molar-refractivity contribution in [2.75, 3.05) is 0 Å². The molecular formula is C7H2F4O2S. The number of carbonyl (C=O) groups is 1. The van der Waals surface area contributed by atoms with Gasteiger partial charge in [-0.2, -0.15) is 0 Å². The summed E-state index contributed by atoms with van der Waals surface area (Å²) in [6, 6.07) is 0. The molecule has 1 aromatic carbocycles. The molecule has 0 aliphatic heterocycles. The van der Waals surface area contributed by atoms with Crippen LogP contribution in [0.1, 0.15) is 10.4 Å². The predicted molar refractivity (Wildman–Crippen MR) is 40.5 cm³/mol. The van der Waals surface area contributed by atoms with Gasteiger partial charge in [0.05, 0.1) is 4.90 Å². The monoisotopic (exact) mass is 226 g/mol. The van der Waals surface area contributed by atoms with Crippen LogP contribution in [0.25, 0.3) is 0 Å². The van der Waals surface area contributed by atoms with E-state index in [1.807, 2.05) is 0 Å². The van der Waals surface area contributed by atoms with Crippen LogP contribution >= 0.6 is 12.6 Å². The molecule has 0 amide bonds. The number of halogens is 4. The first kappa shape index (κ1) is 10.8. The zero-order valence-corrected chi connectivity index (χ0v) is 7.21. The van der Waals surface area contributed by atoms with E-state index in [1.54, 1.807) is 0 Å². The lowest BCUT2D eigenvalue weighted by atomic mass is 10.2. The van der Waals surface area contributed by atoms with E-state index in [0.717, 1.165) is 0 Å². The Balaban J connectivity index is 3.68. The van der Waals surface area contributed by atoms with Gasteiger partial charge in [-0.25, -0.2) is 22.4 Å². The minimum Gasteiger partial charge on any atom is -0.478 e. The highest BCUT2D eigenvalue weighted by Crippen LogP contribution is 2.26. The van der Waals surface area contributed by atoms with Crippen molar-refractivity contribution in [2.45, 2.75) is 4.90 Å². The Hall–Kier alpha value is -1.24. The summed E-state index contributed by atoms with van der Waals surface area (Å²) in [4.78, 5) is 9.24. The zero-order valence-electron chi connectivity index (χ0n) is 6.31. The minimum atomic E-state index is -2.17. The maximum atomic E-state index is 12.7. The largest absolute Gasteiger partial charge is 0.478 e. The van der Waals surface area contributed by atoms with Crippen molar-refractivity contribution in [1.29, 1.82) is 0 Å². The van der Waals surface area contributed by atoms with Crippen LogP contribution in [0.2, 0.25) is 0 Å². The summed E-state index contributed by atoms with van der Waals surface area (Å²) in [6.07, 6.45) is 0. The number of benzene rings is 1. The lowest BCUT2D eigenvalue weighted by molar-refractivity contribution is 0.0684. The van der Waals surface area contributed by atoms with Gasteiger partial charge < -0.3 is 5.11 Å². The van der Waals surface area contributed by atoms with Gasteiger partial charge in [-0.1, -0.05) is 0 Å². The molecule has 1 aromatic rings. The van der Waals surface area contributed by atoms with Crippen molar-refractivity contribution >= 4 is 18.6 Å².